The van der Waals surface area contributed by atoms with Crippen LogP contribution in [-0.4, -0.2) is 5.11 Å². The van der Waals surface area contributed by atoms with Gasteiger partial charge in [0, 0.05) is 0 Å². The van der Waals surface area contributed by atoms with Crippen LogP contribution in [-0.2, 0) is 6.61 Å². The van der Waals surface area contributed by atoms with Crippen LogP contribution in [0.5, 0.6) is 11.5 Å². The molecule has 17 heavy (non-hydrogen) atoms. The molecular formula is C13H10ClFO2. The van der Waals surface area contributed by atoms with Crippen molar-refractivity contribution in [1.82, 2.24) is 0 Å². The molecule has 1 N–H and O–H groups in total. The summed E-state index contributed by atoms with van der Waals surface area (Å²) in [6.45, 7) is 0.311. The van der Waals surface area contributed by atoms with E-state index in [0.717, 1.165) is 11.6 Å². The molecule has 0 aliphatic heterocycles. The van der Waals surface area contributed by atoms with E-state index in [9.17, 15) is 9.50 Å². The summed E-state index contributed by atoms with van der Waals surface area (Å²) in [5.74, 6) is -1.09. The van der Waals surface area contributed by atoms with E-state index in [1.165, 1.54) is 6.07 Å². The first-order valence-electron chi connectivity index (χ1n) is 5.02. The highest BCUT2D eigenvalue weighted by atomic mass is 35.5. The van der Waals surface area contributed by atoms with Crippen molar-refractivity contribution in [2.45, 2.75) is 6.61 Å². The van der Waals surface area contributed by atoms with E-state index in [1.807, 2.05) is 30.3 Å². The van der Waals surface area contributed by atoms with Gasteiger partial charge in [0.25, 0.3) is 0 Å². The Kier molecular flexibility index (Phi) is 3.49. The number of phenolic OH excluding ortho intramolecular Hbond substituents is 1. The standard InChI is InChI=1S/C13H10ClFO2/c14-12-11(7-6-10(15)13(12)16)17-8-9-4-2-1-3-5-9/h1-7,16H,8H2. The minimum Gasteiger partial charge on any atom is -0.504 e. The molecule has 0 saturated heterocycles. The van der Waals surface area contributed by atoms with Crippen LogP contribution in [0.2, 0.25) is 5.02 Å². The van der Waals surface area contributed by atoms with Crippen LogP contribution in [0.1, 0.15) is 5.56 Å². The highest BCUT2D eigenvalue weighted by molar-refractivity contribution is 6.33. The van der Waals surface area contributed by atoms with E-state index in [4.69, 9.17) is 16.3 Å². The smallest absolute Gasteiger partial charge is 0.174 e. The fourth-order valence-electron chi connectivity index (χ4n) is 1.37. The SMILES string of the molecule is Oc1c(F)ccc(OCc2ccccc2)c1Cl. The minimum absolute atomic E-state index is 0.110. The summed E-state index contributed by atoms with van der Waals surface area (Å²) in [7, 11) is 0. The molecule has 0 saturated carbocycles. The zero-order valence-corrected chi connectivity index (χ0v) is 9.62. The lowest BCUT2D eigenvalue weighted by Gasteiger charge is -2.09. The van der Waals surface area contributed by atoms with Crippen molar-refractivity contribution < 1.29 is 14.2 Å². The first-order valence-corrected chi connectivity index (χ1v) is 5.40. The van der Waals surface area contributed by atoms with Crippen molar-refractivity contribution >= 4 is 11.6 Å². The van der Waals surface area contributed by atoms with E-state index in [1.54, 1.807) is 0 Å². The van der Waals surface area contributed by atoms with E-state index in [0.29, 0.717) is 6.61 Å². The fourth-order valence-corrected chi connectivity index (χ4v) is 1.58. The normalized spacial score (nSPS) is 10.2. The molecule has 0 fully saturated rings. The van der Waals surface area contributed by atoms with Gasteiger partial charge in [0.05, 0.1) is 0 Å². The Labute approximate surface area is 103 Å². The van der Waals surface area contributed by atoms with Crippen LogP contribution in [0, 0.1) is 5.82 Å². The molecule has 0 radical (unpaired) electrons. The molecule has 0 unspecified atom stereocenters. The van der Waals surface area contributed by atoms with Crippen molar-refractivity contribution in [2.24, 2.45) is 0 Å². The summed E-state index contributed by atoms with van der Waals surface area (Å²) < 4.78 is 18.3. The molecule has 0 spiro atoms. The van der Waals surface area contributed by atoms with E-state index in [-0.39, 0.29) is 10.8 Å². The number of ether oxygens (including phenoxy) is 1. The number of benzene rings is 2. The van der Waals surface area contributed by atoms with Gasteiger partial charge in [0.15, 0.2) is 11.6 Å². The van der Waals surface area contributed by atoms with Crippen LogP contribution in [0.15, 0.2) is 42.5 Å². The molecule has 2 rings (SSSR count). The third-order valence-electron chi connectivity index (χ3n) is 2.27. The number of phenols is 1. The molecule has 0 aliphatic carbocycles. The van der Waals surface area contributed by atoms with Gasteiger partial charge in [-0.25, -0.2) is 4.39 Å². The van der Waals surface area contributed by atoms with Crippen LogP contribution in [0.3, 0.4) is 0 Å². The maximum Gasteiger partial charge on any atom is 0.174 e. The van der Waals surface area contributed by atoms with Crippen LogP contribution >= 0.6 is 11.6 Å². The van der Waals surface area contributed by atoms with Crippen LogP contribution in [0.4, 0.5) is 4.39 Å². The van der Waals surface area contributed by atoms with E-state index < -0.39 is 11.6 Å². The van der Waals surface area contributed by atoms with Gasteiger partial charge in [-0.15, -0.1) is 0 Å². The molecule has 88 valence electrons. The fraction of sp³-hybridized carbons (Fsp3) is 0.0769. The first kappa shape index (κ1) is 11.7. The number of halogens is 2. The minimum atomic E-state index is -0.762. The Hall–Kier alpha value is -1.74. The second-order valence-corrected chi connectivity index (χ2v) is 3.86. The molecule has 4 heteroatoms. The summed E-state index contributed by atoms with van der Waals surface area (Å²) >= 11 is 5.75. The highest BCUT2D eigenvalue weighted by Crippen LogP contribution is 2.35. The highest BCUT2D eigenvalue weighted by Gasteiger charge is 2.11. The monoisotopic (exact) mass is 252 g/mol. The van der Waals surface area contributed by atoms with E-state index in [2.05, 4.69) is 0 Å². The zero-order chi connectivity index (χ0) is 12.3. The van der Waals surface area contributed by atoms with Gasteiger partial charge < -0.3 is 9.84 Å². The molecule has 0 aliphatic rings. The molecule has 0 aromatic heterocycles. The lowest BCUT2D eigenvalue weighted by Crippen LogP contribution is -1.96. The predicted molar refractivity (Wildman–Crippen MR) is 63.8 cm³/mol. The summed E-state index contributed by atoms with van der Waals surface area (Å²) in [4.78, 5) is 0. The van der Waals surface area contributed by atoms with Gasteiger partial charge in [0.1, 0.15) is 17.4 Å². The first-order chi connectivity index (χ1) is 8.18. The van der Waals surface area contributed by atoms with Crippen LogP contribution < -0.4 is 4.74 Å². The maximum absolute atomic E-state index is 12.9. The van der Waals surface area contributed by atoms with Crippen molar-refractivity contribution in [1.29, 1.82) is 0 Å². The Morgan fingerprint density at radius 1 is 1.12 bits per heavy atom. The summed E-state index contributed by atoms with van der Waals surface area (Å²) in [6.07, 6.45) is 0. The summed E-state index contributed by atoms with van der Waals surface area (Å²) in [5, 5.41) is 9.19. The zero-order valence-electron chi connectivity index (χ0n) is 8.86. The second-order valence-electron chi connectivity index (χ2n) is 3.48. The van der Waals surface area contributed by atoms with Gasteiger partial charge in [-0.05, 0) is 17.7 Å². The van der Waals surface area contributed by atoms with Gasteiger partial charge in [-0.3, -0.25) is 0 Å². The van der Waals surface area contributed by atoms with Crippen molar-refractivity contribution in [3.8, 4) is 11.5 Å². The Morgan fingerprint density at radius 2 is 1.82 bits per heavy atom. The predicted octanol–water partition coefficient (Wildman–Crippen LogP) is 3.76. The quantitative estimate of drug-likeness (QED) is 0.901. The average molecular weight is 253 g/mol. The molecule has 0 amide bonds. The maximum atomic E-state index is 12.9. The summed E-state index contributed by atoms with van der Waals surface area (Å²) in [6, 6.07) is 12.0. The third-order valence-corrected chi connectivity index (χ3v) is 2.63. The molecule has 0 atom stereocenters. The molecule has 0 heterocycles. The number of rotatable bonds is 3. The van der Waals surface area contributed by atoms with Gasteiger partial charge in [-0.2, -0.15) is 0 Å². The van der Waals surface area contributed by atoms with E-state index >= 15 is 0 Å². The Morgan fingerprint density at radius 3 is 2.53 bits per heavy atom. The lowest BCUT2D eigenvalue weighted by atomic mass is 10.2. The number of hydrogen-bond donors (Lipinski definition) is 1. The molecule has 2 nitrogen and oxygen atoms in total. The van der Waals surface area contributed by atoms with Gasteiger partial charge in [0.2, 0.25) is 0 Å². The topological polar surface area (TPSA) is 29.5 Å². The second kappa shape index (κ2) is 5.06. The van der Waals surface area contributed by atoms with Crippen LogP contribution in [0.25, 0.3) is 0 Å². The lowest BCUT2D eigenvalue weighted by molar-refractivity contribution is 0.303. The number of aromatic hydroxyl groups is 1. The summed E-state index contributed by atoms with van der Waals surface area (Å²) in [5.41, 5.74) is 0.965. The van der Waals surface area contributed by atoms with Crippen molar-refractivity contribution in [3.05, 3.63) is 58.9 Å². The molecule has 2 aromatic carbocycles. The molecule has 0 bridgehead atoms. The van der Waals surface area contributed by atoms with Crippen molar-refractivity contribution in [3.63, 3.8) is 0 Å². The Balaban J connectivity index is 2.13. The third kappa shape index (κ3) is 2.68. The van der Waals surface area contributed by atoms with Gasteiger partial charge in [-0.1, -0.05) is 41.9 Å². The largest absolute Gasteiger partial charge is 0.504 e. The molecule has 2 aromatic rings. The van der Waals surface area contributed by atoms with Gasteiger partial charge >= 0.3 is 0 Å². The average Bonchev–Trinajstić information content (AvgIpc) is 2.36. The van der Waals surface area contributed by atoms with Crippen molar-refractivity contribution in [2.75, 3.05) is 0 Å². The Bertz CT molecular complexity index is 514. The molecular weight excluding hydrogens is 243 g/mol. The number of hydrogen-bond acceptors (Lipinski definition) is 2.